The first-order chi connectivity index (χ1) is 7.83. The maximum atomic E-state index is 5.83. The van der Waals surface area contributed by atoms with Crippen molar-refractivity contribution >= 4 is 0 Å². The van der Waals surface area contributed by atoms with Crippen LogP contribution in [0.25, 0.3) is 0 Å². The summed E-state index contributed by atoms with van der Waals surface area (Å²) in [5, 5.41) is 3.70. The van der Waals surface area contributed by atoms with Crippen molar-refractivity contribution in [3.8, 4) is 0 Å². The average molecular weight is 226 g/mol. The van der Waals surface area contributed by atoms with Crippen molar-refractivity contribution in [3.05, 3.63) is 0 Å². The summed E-state index contributed by atoms with van der Waals surface area (Å²) in [7, 11) is 0. The van der Waals surface area contributed by atoms with Crippen LogP contribution in [0.3, 0.4) is 0 Å². The highest BCUT2D eigenvalue weighted by molar-refractivity contribution is 5.11. The summed E-state index contributed by atoms with van der Waals surface area (Å²) >= 11 is 0. The van der Waals surface area contributed by atoms with Crippen LogP contribution in [0.4, 0.5) is 0 Å². The van der Waals surface area contributed by atoms with Crippen LogP contribution < -0.4 is 11.1 Å². The molecule has 0 radical (unpaired) electrons. The molecule has 3 N–H and O–H groups in total. The molecule has 3 heteroatoms. The van der Waals surface area contributed by atoms with Crippen LogP contribution >= 0.6 is 0 Å². The van der Waals surface area contributed by atoms with E-state index in [-0.39, 0.29) is 0 Å². The van der Waals surface area contributed by atoms with Gasteiger partial charge in [0, 0.05) is 18.1 Å². The number of ether oxygens (including phenoxy) is 1. The van der Waals surface area contributed by atoms with Crippen LogP contribution in [-0.2, 0) is 4.74 Å². The Hall–Kier alpha value is -0.120. The minimum atomic E-state index is 0.513. The van der Waals surface area contributed by atoms with E-state index in [0.29, 0.717) is 11.5 Å². The van der Waals surface area contributed by atoms with E-state index in [9.17, 15) is 0 Å². The van der Waals surface area contributed by atoms with Crippen molar-refractivity contribution < 1.29 is 4.74 Å². The summed E-state index contributed by atoms with van der Waals surface area (Å²) in [5.41, 5.74) is 6.01. The lowest BCUT2D eigenvalue weighted by molar-refractivity contribution is -0.172. The first-order valence-electron chi connectivity index (χ1n) is 6.88. The van der Waals surface area contributed by atoms with Crippen molar-refractivity contribution in [2.45, 2.75) is 57.6 Å². The molecule has 2 saturated carbocycles. The Morgan fingerprint density at radius 3 is 2.75 bits per heavy atom. The normalized spacial score (nSPS) is 31.1. The number of unbranched alkanes of at least 4 members (excludes halogenated alkanes) is 1. The second-order valence-corrected chi connectivity index (χ2v) is 5.27. The fourth-order valence-corrected chi connectivity index (χ4v) is 3.27. The van der Waals surface area contributed by atoms with Crippen molar-refractivity contribution in [2.75, 3.05) is 19.7 Å². The molecule has 2 fully saturated rings. The van der Waals surface area contributed by atoms with Crippen LogP contribution in [0, 0.1) is 5.41 Å². The minimum Gasteiger partial charge on any atom is -0.378 e. The highest BCUT2D eigenvalue weighted by Crippen LogP contribution is 2.57. The highest BCUT2D eigenvalue weighted by atomic mass is 16.5. The highest BCUT2D eigenvalue weighted by Gasteiger charge is 2.58. The van der Waals surface area contributed by atoms with Gasteiger partial charge in [-0.3, -0.25) is 0 Å². The Morgan fingerprint density at radius 2 is 2.19 bits per heavy atom. The summed E-state index contributed by atoms with van der Waals surface area (Å²) in [5.74, 6) is 0. The first kappa shape index (κ1) is 12.3. The van der Waals surface area contributed by atoms with E-state index in [1.807, 2.05) is 0 Å². The fraction of sp³-hybridized carbons (Fsp3) is 1.00. The van der Waals surface area contributed by atoms with Gasteiger partial charge in [-0.05, 0) is 52.1 Å². The molecule has 0 aromatic heterocycles. The molecule has 2 atom stereocenters. The first-order valence-corrected chi connectivity index (χ1v) is 6.88. The monoisotopic (exact) mass is 226 g/mol. The van der Waals surface area contributed by atoms with Crippen LogP contribution in [0.5, 0.6) is 0 Å². The number of nitrogens with one attached hydrogen (secondary N) is 1. The fourth-order valence-electron chi connectivity index (χ4n) is 3.27. The van der Waals surface area contributed by atoms with Gasteiger partial charge in [0.2, 0.25) is 0 Å². The van der Waals surface area contributed by atoms with Crippen LogP contribution in [0.1, 0.15) is 45.4 Å². The van der Waals surface area contributed by atoms with E-state index in [4.69, 9.17) is 10.5 Å². The molecule has 2 aliphatic carbocycles. The van der Waals surface area contributed by atoms with Gasteiger partial charge in [0.05, 0.1) is 6.10 Å². The third kappa shape index (κ3) is 2.13. The number of hydrogen-bond donors (Lipinski definition) is 2. The molecule has 0 amide bonds. The predicted molar refractivity (Wildman–Crippen MR) is 66.4 cm³/mol. The van der Waals surface area contributed by atoms with Crippen molar-refractivity contribution in [3.63, 3.8) is 0 Å². The zero-order valence-corrected chi connectivity index (χ0v) is 10.5. The van der Waals surface area contributed by atoms with Crippen LogP contribution in [0.2, 0.25) is 0 Å². The molecule has 0 saturated heterocycles. The predicted octanol–water partition coefficient (Wildman–Crippen LogP) is 1.66. The van der Waals surface area contributed by atoms with Crippen LogP contribution in [0.15, 0.2) is 0 Å². The van der Waals surface area contributed by atoms with Gasteiger partial charge in [-0.2, -0.15) is 0 Å². The summed E-state index contributed by atoms with van der Waals surface area (Å²) < 4.78 is 5.83. The summed E-state index contributed by atoms with van der Waals surface area (Å²) in [6.45, 7) is 4.92. The van der Waals surface area contributed by atoms with E-state index in [0.717, 1.165) is 32.2 Å². The standard InChI is InChI=1S/C13H26N2O/c1-2-16-12-10-11(13(12)6-5-7-13)15-9-4-3-8-14/h11-12,15H,2-10,14H2,1H3. The molecule has 0 aromatic rings. The number of nitrogens with two attached hydrogens (primary N) is 1. The Bertz CT molecular complexity index is 216. The van der Waals surface area contributed by atoms with E-state index >= 15 is 0 Å². The van der Waals surface area contributed by atoms with Gasteiger partial charge < -0.3 is 15.8 Å². The molecule has 0 bridgehead atoms. The Kier molecular flexibility index (Phi) is 4.22. The Balaban J connectivity index is 1.71. The number of hydrogen-bond acceptors (Lipinski definition) is 3. The summed E-state index contributed by atoms with van der Waals surface area (Å²) in [4.78, 5) is 0. The van der Waals surface area contributed by atoms with Crippen molar-refractivity contribution in [2.24, 2.45) is 11.1 Å². The Morgan fingerprint density at radius 1 is 1.38 bits per heavy atom. The zero-order chi connectivity index (χ0) is 11.4. The molecule has 3 nitrogen and oxygen atoms in total. The third-order valence-corrected chi connectivity index (χ3v) is 4.46. The molecule has 0 heterocycles. The maximum Gasteiger partial charge on any atom is 0.0661 e. The molecule has 2 rings (SSSR count). The molecular weight excluding hydrogens is 200 g/mol. The lowest BCUT2D eigenvalue weighted by Gasteiger charge is -2.61. The van der Waals surface area contributed by atoms with E-state index < -0.39 is 0 Å². The molecule has 0 aliphatic heterocycles. The number of rotatable bonds is 7. The summed E-state index contributed by atoms with van der Waals surface area (Å²) in [6, 6.07) is 0.718. The van der Waals surface area contributed by atoms with E-state index in [1.165, 1.54) is 32.1 Å². The van der Waals surface area contributed by atoms with Gasteiger partial charge in [0.15, 0.2) is 0 Å². The quantitative estimate of drug-likeness (QED) is 0.649. The summed E-state index contributed by atoms with van der Waals surface area (Å²) in [6.07, 6.45) is 8.24. The maximum absolute atomic E-state index is 5.83. The smallest absolute Gasteiger partial charge is 0.0661 e. The van der Waals surface area contributed by atoms with Gasteiger partial charge in [-0.1, -0.05) is 6.42 Å². The van der Waals surface area contributed by atoms with Crippen molar-refractivity contribution in [1.29, 1.82) is 0 Å². The topological polar surface area (TPSA) is 47.3 Å². The molecule has 2 aliphatic rings. The lowest BCUT2D eigenvalue weighted by Crippen LogP contribution is -2.66. The second-order valence-electron chi connectivity index (χ2n) is 5.27. The zero-order valence-electron chi connectivity index (χ0n) is 10.5. The van der Waals surface area contributed by atoms with E-state index in [1.54, 1.807) is 0 Å². The third-order valence-electron chi connectivity index (χ3n) is 4.46. The molecular formula is C13H26N2O. The SMILES string of the molecule is CCOC1CC(NCCCCN)C12CCC2. The molecule has 1 spiro atoms. The lowest BCUT2D eigenvalue weighted by atomic mass is 9.51. The molecule has 2 unspecified atom stereocenters. The molecule has 0 aromatic carbocycles. The van der Waals surface area contributed by atoms with Gasteiger partial charge in [-0.15, -0.1) is 0 Å². The molecule has 94 valence electrons. The minimum absolute atomic E-state index is 0.513. The van der Waals surface area contributed by atoms with Crippen molar-refractivity contribution in [1.82, 2.24) is 5.32 Å². The second kappa shape index (κ2) is 5.48. The van der Waals surface area contributed by atoms with Gasteiger partial charge in [-0.25, -0.2) is 0 Å². The largest absolute Gasteiger partial charge is 0.378 e. The molecule has 16 heavy (non-hydrogen) atoms. The van der Waals surface area contributed by atoms with Gasteiger partial charge in [0.1, 0.15) is 0 Å². The van der Waals surface area contributed by atoms with Crippen LogP contribution in [-0.4, -0.2) is 31.8 Å². The average Bonchev–Trinajstić information content (AvgIpc) is 2.18. The van der Waals surface area contributed by atoms with Gasteiger partial charge >= 0.3 is 0 Å². The van der Waals surface area contributed by atoms with Gasteiger partial charge in [0.25, 0.3) is 0 Å². The van der Waals surface area contributed by atoms with E-state index in [2.05, 4.69) is 12.2 Å². The Labute approximate surface area is 99.1 Å².